The molecule has 0 aliphatic heterocycles. The number of benzene rings is 1. The summed E-state index contributed by atoms with van der Waals surface area (Å²) in [5.41, 5.74) is -3.15. The Morgan fingerprint density at radius 2 is 1.57 bits per heavy atom. The van der Waals surface area contributed by atoms with Crippen LogP contribution in [0.4, 0.5) is 18.9 Å². The summed E-state index contributed by atoms with van der Waals surface area (Å²) in [5, 5.41) is 10.5. The first kappa shape index (κ1) is 20.1. The van der Waals surface area contributed by atoms with Crippen molar-refractivity contribution in [2.75, 3.05) is 0 Å². The smallest absolute Gasteiger partial charge is 0.423 e. The Morgan fingerprint density at radius 3 is 1.91 bits per heavy atom. The highest BCUT2D eigenvalue weighted by atomic mass is 32.2. The van der Waals surface area contributed by atoms with E-state index in [0.29, 0.717) is 12.1 Å². The average molecular weight is 393 g/mol. The van der Waals surface area contributed by atoms with Gasteiger partial charge in [0.2, 0.25) is 0 Å². The van der Waals surface area contributed by atoms with E-state index in [9.17, 15) is 52.0 Å². The molecule has 1 aromatic rings. The molecule has 0 spiro atoms. The van der Waals surface area contributed by atoms with E-state index in [4.69, 9.17) is 0 Å². The second-order valence-electron chi connectivity index (χ2n) is 3.96. The molecule has 0 saturated carbocycles. The quantitative estimate of drug-likeness (QED) is 0.285. The normalized spacial score (nSPS) is 13.4. The number of halogens is 3. The van der Waals surface area contributed by atoms with Crippen molar-refractivity contribution in [3.8, 4) is 0 Å². The molecule has 0 fully saturated rings. The Bertz CT molecular complexity index is 692. The minimum Gasteiger partial charge on any atom is -0.810 e. The minimum atomic E-state index is -5.99. The molecule has 0 unspecified atom stereocenters. The van der Waals surface area contributed by atoms with E-state index >= 15 is 0 Å². The number of thioether (sulfide) groups is 1. The van der Waals surface area contributed by atoms with Gasteiger partial charge in [0.05, 0.1) is 9.66 Å². The summed E-state index contributed by atoms with van der Waals surface area (Å²) < 4.78 is 56.7. The zero-order valence-electron chi connectivity index (χ0n) is 10.5. The van der Waals surface area contributed by atoms with Gasteiger partial charge >= 0.3 is 6.18 Å². The van der Waals surface area contributed by atoms with Gasteiger partial charge in [-0.1, -0.05) is 0 Å². The second kappa shape index (κ2) is 6.52. The van der Waals surface area contributed by atoms with Crippen LogP contribution in [0.2, 0.25) is 0 Å². The largest absolute Gasteiger partial charge is 0.810 e. The van der Waals surface area contributed by atoms with Crippen LogP contribution in [-0.4, -0.2) is 9.66 Å². The summed E-state index contributed by atoms with van der Waals surface area (Å²) in [6.45, 7) is 0. The van der Waals surface area contributed by atoms with Crippen LogP contribution in [0.3, 0.4) is 0 Å². The highest BCUT2D eigenvalue weighted by Gasteiger charge is 2.38. The van der Waals surface area contributed by atoms with Crippen LogP contribution in [-0.2, 0) is 15.3 Å². The molecule has 0 amide bonds. The Balaban J connectivity index is 3.38. The first-order chi connectivity index (χ1) is 10.1. The predicted molar refractivity (Wildman–Crippen MR) is 63.0 cm³/mol. The molecule has 0 aliphatic rings. The molecule has 1 aromatic carbocycles. The summed E-state index contributed by atoms with van der Waals surface area (Å²) in [5.74, 6) is 0. The molecular formula is C8H4F3NO8P2S-4. The standard InChI is InChI=1S/C8H8F3NO8P2S/c9-8(10,11)5-3-4(1-2-6(5)12(13)14)23-7(21(15,16)17)22(18,19)20/h1-3,7H,(H2,15,16,17)(H2,18,19,20)/p-4. The zero-order valence-corrected chi connectivity index (χ0v) is 13.1. The molecule has 0 aliphatic carbocycles. The van der Waals surface area contributed by atoms with E-state index in [-0.39, 0.29) is 6.07 Å². The summed E-state index contributed by atoms with van der Waals surface area (Å²) in [7, 11) is -12.0. The van der Waals surface area contributed by atoms with Gasteiger partial charge in [0, 0.05) is 11.0 Å². The average Bonchev–Trinajstić information content (AvgIpc) is 2.31. The van der Waals surface area contributed by atoms with E-state index in [1.807, 2.05) is 0 Å². The van der Waals surface area contributed by atoms with Crippen molar-refractivity contribution in [3.63, 3.8) is 0 Å². The number of nitro groups is 1. The Morgan fingerprint density at radius 1 is 1.09 bits per heavy atom. The third kappa shape index (κ3) is 5.28. The van der Waals surface area contributed by atoms with Gasteiger partial charge in [0.25, 0.3) is 5.69 Å². The predicted octanol–water partition coefficient (Wildman–Crippen LogP) is -0.183. The maximum atomic E-state index is 12.7. The first-order valence-corrected chi connectivity index (χ1v) is 9.30. The number of rotatable bonds is 5. The molecule has 1 rings (SSSR count). The van der Waals surface area contributed by atoms with E-state index < -0.39 is 58.9 Å². The van der Waals surface area contributed by atoms with Crippen LogP contribution in [0.25, 0.3) is 0 Å². The fourth-order valence-electron chi connectivity index (χ4n) is 1.40. The van der Waals surface area contributed by atoms with Gasteiger partial charge in [0.1, 0.15) is 5.56 Å². The summed E-state index contributed by atoms with van der Waals surface area (Å²) >= 11 is -0.446. The SMILES string of the molecule is O=[N+]([O-])c1ccc(SC(P(=O)([O-])[O-])P(=O)([O-])[O-])cc1C(F)(F)F. The van der Waals surface area contributed by atoms with E-state index in [1.54, 1.807) is 0 Å². The number of alkyl halides is 3. The number of hydrogen-bond donors (Lipinski definition) is 0. The highest BCUT2D eigenvalue weighted by molar-refractivity contribution is 8.11. The molecule has 0 atom stereocenters. The molecule has 0 radical (unpaired) electrons. The van der Waals surface area contributed by atoms with Gasteiger partial charge in [-0.25, -0.2) is 0 Å². The second-order valence-corrected chi connectivity index (χ2v) is 9.43. The Hall–Kier alpha value is -0.940. The van der Waals surface area contributed by atoms with Crippen LogP contribution in [0.15, 0.2) is 23.1 Å². The highest BCUT2D eigenvalue weighted by Crippen LogP contribution is 2.58. The number of nitro benzene ring substituents is 1. The summed E-state index contributed by atoms with van der Waals surface area (Å²) in [6.07, 6.45) is -5.20. The summed E-state index contributed by atoms with van der Waals surface area (Å²) in [4.78, 5) is 51.6. The fourth-order valence-corrected chi connectivity index (χ4v) is 5.12. The third-order valence-electron chi connectivity index (χ3n) is 2.25. The van der Waals surface area contributed by atoms with Crippen LogP contribution in [0.5, 0.6) is 0 Å². The van der Waals surface area contributed by atoms with Crippen molar-refractivity contribution in [1.29, 1.82) is 0 Å². The maximum absolute atomic E-state index is 12.7. The topological polar surface area (TPSA) is 170 Å². The van der Waals surface area contributed by atoms with Crippen molar-refractivity contribution in [1.82, 2.24) is 0 Å². The van der Waals surface area contributed by atoms with Crippen LogP contribution in [0, 0.1) is 10.1 Å². The lowest BCUT2D eigenvalue weighted by Crippen LogP contribution is -2.31. The van der Waals surface area contributed by atoms with E-state index in [1.165, 1.54) is 0 Å². The molecule has 0 aromatic heterocycles. The van der Waals surface area contributed by atoms with Crippen molar-refractivity contribution >= 4 is 32.6 Å². The third-order valence-corrected chi connectivity index (χ3v) is 7.95. The molecule has 0 N–H and O–H groups in total. The Labute approximate surface area is 130 Å². The van der Waals surface area contributed by atoms with E-state index in [2.05, 4.69) is 0 Å². The fraction of sp³-hybridized carbons (Fsp3) is 0.250. The molecule has 0 bridgehead atoms. The minimum absolute atomic E-state index is 0.0844. The lowest BCUT2D eigenvalue weighted by Gasteiger charge is -2.48. The van der Waals surface area contributed by atoms with Crippen molar-refractivity contribution in [2.45, 2.75) is 15.8 Å². The number of nitrogens with zero attached hydrogens (tertiary/aromatic N) is 1. The number of hydrogen-bond acceptors (Lipinski definition) is 9. The molecular weight excluding hydrogens is 389 g/mol. The summed E-state index contributed by atoms with van der Waals surface area (Å²) in [6, 6.07) is 1.03. The first-order valence-electron chi connectivity index (χ1n) is 5.20. The Kier molecular flexibility index (Phi) is 5.70. The van der Waals surface area contributed by atoms with Crippen molar-refractivity contribution in [2.24, 2.45) is 0 Å². The molecule has 9 nitrogen and oxygen atoms in total. The van der Waals surface area contributed by atoms with Gasteiger partial charge in [0.15, 0.2) is 0 Å². The lowest BCUT2D eigenvalue weighted by molar-refractivity contribution is -0.388. The van der Waals surface area contributed by atoms with Crippen LogP contribution < -0.4 is 19.6 Å². The van der Waals surface area contributed by atoms with Crippen LogP contribution >= 0.6 is 27.0 Å². The molecule has 15 heteroatoms. The molecule has 0 heterocycles. The zero-order chi connectivity index (χ0) is 18.2. The van der Waals surface area contributed by atoms with Gasteiger partial charge < -0.3 is 28.7 Å². The maximum Gasteiger partial charge on any atom is 0.423 e. The van der Waals surface area contributed by atoms with Gasteiger partial charge in [-0.05, 0) is 27.3 Å². The van der Waals surface area contributed by atoms with Crippen LogP contribution in [0.1, 0.15) is 5.56 Å². The van der Waals surface area contributed by atoms with E-state index in [0.717, 1.165) is 0 Å². The van der Waals surface area contributed by atoms with Gasteiger partial charge in [-0.15, -0.1) is 11.8 Å². The lowest BCUT2D eigenvalue weighted by atomic mass is 10.2. The van der Waals surface area contributed by atoms with Gasteiger partial charge in [-0.3, -0.25) is 10.1 Å². The van der Waals surface area contributed by atoms with Crippen molar-refractivity contribution < 1.29 is 46.8 Å². The molecule has 23 heavy (non-hydrogen) atoms. The van der Waals surface area contributed by atoms with Gasteiger partial charge in [-0.2, -0.15) is 13.2 Å². The van der Waals surface area contributed by atoms with Crippen molar-refractivity contribution in [3.05, 3.63) is 33.9 Å². The molecule has 0 saturated heterocycles. The monoisotopic (exact) mass is 393 g/mol. The molecule has 130 valence electrons.